The molecule has 0 amide bonds. The standard InChI is InChI=1S/C28H28Cl2S/c1-27(29)17-13-23(14-18-27)25(21-9-5-3-6-10-21)31-26(22-11-7-4-8-12-22)24-15-19-28(2,30)20-16-24/h3-17,19,25-26H,18,20H2,1-2H3. The molecule has 4 atom stereocenters. The first-order valence-electron chi connectivity index (χ1n) is 10.7. The van der Waals surface area contributed by atoms with E-state index in [1.54, 1.807) is 0 Å². The molecule has 0 aliphatic heterocycles. The highest BCUT2D eigenvalue weighted by molar-refractivity contribution is 8.00. The van der Waals surface area contributed by atoms with Crippen molar-refractivity contribution < 1.29 is 0 Å². The molecule has 0 aromatic heterocycles. The first-order chi connectivity index (χ1) is 14.8. The summed E-state index contributed by atoms with van der Waals surface area (Å²) in [5.41, 5.74) is 5.26. The SMILES string of the molecule is CC1(Cl)C=CC(C(SC(C2=CCC(C)(Cl)C=C2)c2ccccc2)c2ccccc2)=CC1. The topological polar surface area (TPSA) is 0 Å². The van der Waals surface area contributed by atoms with Crippen molar-refractivity contribution in [3.8, 4) is 0 Å². The van der Waals surface area contributed by atoms with Gasteiger partial charge in [-0.1, -0.05) is 97.1 Å². The van der Waals surface area contributed by atoms with Gasteiger partial charge < -0.3 is 0 Å². The quantitative estimate of drug-likeness (QED) is 0.382. The van der Waals surface area contributed by atoms with Gasteiger partial charge in [0.05, 0.1) is 20.2 Å². The minimum atomic E-state index is -0.298. The summed E-state index contributed by atoms with van der Waals surface area (Å²) in [6, 6.07) is 21.6. The zero-order chi connectivity index (χ0) is 21.9. The van der Waals surface area contributed by atoms with Crippen molar-refractivity contribution in [2.24, 2.45) is 0 Å². The van der Waals surface area contributed by atoms with E-state index in [-0.39, 0.29) is 20.2 Å². The number of alkyl halides is 2. The van der Waals surface area contributed by atoms with Gasteiger partial charge in [-0.3, -0.25) is 0 Å². The molecule has 31 heavy (non-hydrogen) atoms. The van der Waals surface area contributed by atoms with E-state index in [4.69, 9.17) is 23.2 Å². The molecule has 0 radical (unpaired) electrons. The summed E-state index contributed by atoms with van der Waals surface area (Å²) in [5, 5.41) is 0.433. The largest absolute Gasteiger partial charge is 0.136 e. The van der Waals surface area contributed by atoms with Crippen LogP contribution in [0.25, 0.3) is 0 Å². The maximum atomic E-state index is 6.57. The van der Waals surface area contributed by atoms with E-state index < -0.39 is 0 Å². The fourth-order valence-electron chi connectivity index (χ4n) is 3.93. The van der Waals surface area contributed by atoms with Crippen molar-refractivity contribution in [3.05, 3.63) is 119 Å². The first kappa shape index (κ1) is 22.5. The zero-order valence-electron chi connectivity index (χ0n) is 18.0. The van der Waals surface area contributed by atoms with Crippen LogP contribution in [0.15, 0.2) is 108 Å². The van der Waals surface area contributed by atoms with Gasteiger partial charge in [-0.05, 0) is 49.0 Å². The van der Waals surface area contributed by atoms with Gasteiger partial charge in [0.15, 0.2) is 0 Å². The number of hydrogen-bond acceptors (Lipinski definition) is 1. The average molecular weight is 468 g/mol. The molecular weight excluding hydrogens is 439 g/mol. The van der Waals surface area contributed by atoms with E-state index in [9.17, 15) is 0 Å². The summed E-state index contributed by atoms with van der Waals surface area (Å²) in [5.74, 6) is 0. The molecule has 0 N–H and O–H groups in total. The monoisotopic (exact) mass is 466 g/mol. The molecule has 2 aliphatic carbocycles. The number of allylic oxidation sites excluding steroid dienone is 6. The van der Waals surface area contributed by atoms with Crippen LogP contribution < -0.4 is 0 Å². The minimum absolute atomic E-state index is 0.217. The van der Waals surface area contributed by atoms with Crippen LogP contribution in [-0.2, 0) is 0 Å². The molecular formula is C28H28Cl2S. The fraction of sp³-hybridized carbons (Fsp3) is 0.286. The van der Waals surface area contributed by atoms with Crippen LogP contribution in [0.1, 0.15) is 48.3 Å². The van der Waals surface area contributed by atoms with E-state index in [0.717, 1.165) is 12.8 Å². The predicted molar refractivity (Wildman–Crippen MR) is 138 cm³/mol. The summed E-state index contributed by atoms with van der Waals surface area (Å²) in [6.07, 6.45) is 15.0. The molecule has 0 nitrogen and oxygen atoms in total. The van der Waals surface area contributed by atoms with Gasteiger partial charge >= 0.3 is 0 Å². The predicted octanol–water partition coefficient (Wildman–Crippen LogP) is 8.97. The second-order valence-electron chi connectivity index (χ2n) is 8.76. The summed E-state index contributed by atoms with van der Waals surface area (Å²) in [6.45, 7) is 4.13. The third-order valence-corrected chi connectivity index (χ3v) is 8.00. The molecule has 2 aromatic carbocycles. The summed E-state index contributed by atoms with van der Waals surface area (Å²) >= 11 is 15.1. The number of hydrogen-bond donors (Lipinski definition) is 0. The van der Waals surface area contributed by atoms with Crippen LogP contribution in [0.4, 0.5) is 0 Å². The van der Waals surface area contributed by atoms with Crippen LogP contribution in [-0.4, -0.2) is 9.75 Å². The molecule has 0 saturated heterocycles. The molecule has 3 heteroatoms. The third-order valence-electron chi connectivity index (χ3n) is 5.80. The molecule has 0 saturated carbocycles. The van der Waals surface area contributed by atoms with E-state index in [1.165, 1.54) is 22.3 Å². The highest BCUT2D eigenvalue weighted by atomic mass is 35.5. The Kier molecular flexibility index (Phi) is 6.86. The van der Waals surface area contributed by atoms with Gasteiger partial charge in [0.25, 0.3) is 0 Å². The van der Waals surface area contributed by atoms with Crippen LogP contribution in [0, 0.1) is 0 Å². The van der Waals surface area contributed by atoms with Crippen molar-refractivity contribution in [3.63, 3.8) is 0 Å². The number of thioether (sulfide) groups is 1. The van der Waals surface area contributed by atoms with Crippen molar-refractivity contribution >= 4 is 35.0 Å². The smallest absolute Gasteiger partial charge is 0.0635 e. The molecule has 0 bridgehead atoms. The van der Waals surface area contributed by atoms with Gasteiger partial charge in [-0.25, -0.2) is 0 Å². The van der Waals surface area contributed by atoms with Gasteiger partial charge in [0.1, 0.15) is 0 Å². The molecule has 4 unspecified atom stereocenters. The Morgan fingerprint density at radius 3 is 1.39 bits per heavy atom. The Labute approximate surface area is 200 Å². The van der Waals surface area contributed by atoms with E-state index >= 15 is 0 Å². The van der Waals surface area contributed by atoms with Crippen LogP contribution in [0.2, 0.25) is 0 Å². The molecule has 2 aliphatic rings. The Balaban J connectivity index is 1.71. The van der Waals surface area contributed by atoms with E-state index in [0.29, 0.717) is 0 Å². The van der Waals surface area contributed by atoms with Gasteiger partial charge in [-0.15, -0.1) is 35.0 Å². The highest BCUT2D eigenvalue weighted by Crippen LogP contribution is 2.50. The lowest BCUT2D eigenvalue weighted by Gasteiger charge is -2.31. The molecule has 0 fully saturated rings. The second-order valence-corrected chi connectivity index (χ2v) is 11.7. The average Bonchev–Trinajstić information content (AvgIpc) is 2.77. The fourth-order valence-corrected chi connectivity index (χ4v) is 5.77. The van der Waals surface area contributed by atoms with Crippen molar-refractivity contribution in [1.82, 2.24) is 0 Å². The van der Waals surface area contributed by atoms with Crippen molar-refractivity contribution in [1.29, 1.82) is 0 Å². The molecule has 160 valence electrons. The number of benzene rings is 2. The van der Waals surface area contributed by atoms with Crippen LogP contribution >= 0.6 is 35.0 Å². The first-order valence-corrected chi connectivity index (χ1v) is 12.4. The van der Waals surface area contributed by atoms with E-state index in [2.05, 4.69) is 111 Å². The van der Waals surface area contributed by atoms with Gasteiger partial charge in [0.2, 0.25) is 0 Å². The third kappa shape index (κ3) is 5.77. The Morgan fingerprint density at radius 2 is 1.06 bits per heavy atom. The molecule has 2 aromatic rings. The van der Waals surface area contributed by atoms with E-state index in [1.807, 2.05) is 11.8 Å². The van der Waals surface area contributed by atoms with Crippen LogP contribution in [0.5, 0.6) is 0 Å². The number of rotatable bonds is 6. The maximum Gasteiger partial charge on any atom is 0.0635 e. The summed E-state index contributed by atoms with van der Waals surface area (Å²) < 4.78 is 0. The lowest BCUT2D eigenvalue weighted by atomic mass is 9.93. The molecule has 4 rings (SSSR count). The Hall–Kier alpha value is -1.67. The normalized spacial score (nSPS) is 27.4. The van der Waals surface area contributed by atoms with Crippen molar-refractivity contribution in [2.45, 2.75) is 46.9 Å². The van der Waals surface area contributed by atoms with Gasteiger partial charge in [0, 0.05) is 0 Å². The lowest BCUT2D eigenvalue weighted by Crippen LogP contribution is -2.17. The van der Waals surface area contributed by atoms with Crippen LogP contribution in [0.3, 0.4) is 0 Å². The molecule has 0 heterocycles. The zero-order valence-corrected chi connectivity index (χ0v) is 20.3. The van der Waals surface area contributed by atoms with Crippen molar-refractivity contribution in [2.75, 3.05) is 0 Å². The molecule has 0 spiro atoms. The minimum Gasteiger partial charge on any atom is -0.136 e. The summed E-state index contributed by atoms with van der Waals surface area (Å²) in [7, 11) is 0. The second kappa shape index (κ2) is 9.45. The highest BCUT2D eigenvalue weighted by Gasteiger charge is 2.29. The lowest BCUT2D eigenvalue weighted by molar-refractivity contribution is 0.769. The Bertz CT molecular complexity index is 930. The summed E-state index contributed by atoms with van der Waals surface area (Å²) in [4.78, 5) is -0.596. The Morgan fingerprint density at radius 1 is 0.677 bits per heavy atom. The number of halogens is 2. The van der Waals surface area contributed by atoms with Gasteiger partial charge in [-0.2, -0.15) is 0 Å². The maximum absolute atomic E-state index is 6.57.